The average molecular weight is 407 g/mol. The molecule has 30 heavy (non-hydrogen) atoms. The number of methoxy groups -OCH3 is 1. The van der Waals surface area contributed by atoms with Gasteiger partial charge in [-0.3, -0.25) is 9.78 Å². The Morgan fingerprint density at radius 3 is 2.43 bits per heavy atom. The van der Waals surface area contributed by atoms with Gasteiger partial charge in [-0.05, 0) is 56.3 Å². The van der Waals surface area contributed by atoms with E-state index in [9.17, 15) is 14.4 Å². The number of carbonyl (C=O) groups is 3. The third kappa shape index (κ3) is 4.54. The monoisotopic (exact) mass is 407 g/mol. The first kappa shape index (κ1) is 20.8. The topological polar surface area (TPSA) is 99.5 Å². The van der Waals surface area contributed by atoms with Crippen LogP contribution in [0.2, 0.25) is 0 Å². The Bertz CT molecular complexity index is 1070. The molecule has 3 aromatic rings. The second-order valence-electron chi connectivity index (χ2n) is 6.52. The van der Waals surface area contributed by atoms with E-state index in [4.69, 9.17) is 4.74 Å². The van der Waals surface area contributed by atoms with Crippen LogP contribution in [0.1, 0.15) is 32.1 Å². The predicted octanol–water partition coefficient (Wildman–Crippen LogP) is 3.07. The number of aromatic nitrogens is 2. The number of nitrogens with zero attached hydrogens (tertiary/aromatic N) is 2. The van der Waals surface area contributed by atoms with Crippen molar-refractivity contribution in [3.05, 3.63) is 77.4 Å². The highest BCUT2D eigenvalue weighted by Gasteiger charge is 2.19. The second kappa shape index (κ2) is 9.04. The van der Waals surface area contributed by atoms with Gasteiger partial charge in [0, 0.05) is 23.3 Å². The minimum Gasteiger partial charge on any atom is -0.465 e. The van der Waals surface area contributed by atoms with Gasteiger partial charge in [-0.2, -0.15) is 0 Å². The number of ether oxygens (including phenoxy) is 2. The Labute approximate surface area is 173 Å². The molecule has 0 radical (unpaired) electrons. The number of benzene rings is 1. The van der Waals surface area contributed by atoms with Crippen molar-refractivity contribution in [2.24, 2.45) is 0 Å². The zero-order valence-corrected chi connectivity index (χ0v) is 16.8. The Hall–Kier alpha value is -3.94. The van der Waals surface area contributed by atoms with Gasteiger partial charge in [0.1, 0.15) is 0 Å². The van der Waals surface area contributed by atoms with Crippen molar-refractivity contribution in [1.29, 1.82) is 0 Å². The number of esters is 2. The number of hydrogen-bond donors (Lipinski definition) is 1. The molecule has 1 amide bonds. The lowest BCUT2D eigenvalue weighted by Gasteiger charge is -2.09. The Balaban J connectivity index is 1.62. The maximum absolute atomic E-state index is 12.5. The quantitative estimate of drug-likeness (QED) is 0.631. The molecule has 154 valence electrons. The van der Waals surface area contributed by atoms with Crippen LogP contribution in [0.15, 0.2) is 54.9 Å². The van der Waals surface area contributed by atoms with Crippen molar-refractivity contribution in [2.75, 3.05) is 19.0 Å². The summed E-state index contributed by atoms with van der Waals surface area (Å²) in [5.41, 5.74) is 3.60. The predicted molar refractivity (Wildman–Crippen MR) is 110 cm³/mol. The smallest absolute Gasteiger partial charge is 0.340 e. The number of anilines is 1. The van der Waals surface area contributed by atoms with Crippen molar-refractivity contribution in [1.82, 2.24) is 9.55 Å². The van der Waals surface area contributed by atoms with E-state index in [1.165, 1.54) is 19.2 Å². The molecule has 1 aromatic carbocycles. The summed E-state index contributed by atoms with van der Waals surface area (Å²) in [5.74, 6) is -1.55. The first-order chi connectivity index (χ1) is 14.4. The van der Waals surface area contributed by atoms with Gasteiger partial charge in [0.2, 0.25) is 0 Å². The average Bonchev–Trinajstić information content (AvgIpc) is 3.06. The molecule has 0 fully saturated rings. The SMILES string of the molecule is COC(=O)c1ccc(NC(=O)COC(=O)c2cc(C)n(-c3cccnc3)c2C)cc1. The van der Waals surface area contributed by atoms with Crippen molar-refractivity contribution in [3.63, 3.8) is 0 Å². The highest BCUT2D eigenvalue weighted by Crippen LogP contribution is 2.21. The van der Waals surface area contributed by atoms with E-state index in [0.717, 1.165) is 11.4 Å². The number of rotatable bonds is 6. The third-order valence-electron chi connectivity index (χ3n) is 4.48. The van der Waals surface area contributed by atoms with E-state index in [-0.39, 0.29) is 0 Å². The molecule has 0 saturated carbocycles. The molecule has 0 spiro atoms. The van der Waals surface area contributed by atoms with Gasteiger partial charge < -0.3 is 19.4 Å². The maximum Gasteiger partial charge on any atom is 0.340 e. The van der Waals surface area contributed by atoms with Gasteiger partial charge in [0.15, 0.2) is 6.61 Å². The summed E-state index contributed by atoms with van der Waals surface area (Å²) in [7, 11) is 1.29. The van der Waals surface area contributed by atoms with Gasteiger partial charge in [0.25, 0.3) is 5.91 Å². The number of aryl methyl sites for hydroxylation is 1. The maximum atomic E-state index is 12.5. The molecule has 0 unspecified atom stereocenters. The van der Waals surface area contributed by atoms with Crippen LogP contribution in [0.25, 0.3) is 5.69 Å². The highest BCUT2D eigenvalue weighted by atomic mass is 16.5. The van der Waals surface area contributed by atoms with Crippen molar-refractivity contribution >= 4 is 23.5 Å². The van der Waals surface area contributed by atoms with E-state index < -0.39 is 24.5 Å². The lowest BCUT2D eigenvalue weighted by atomic mass is 10.2. The lowest BCUT2D eigenvalue weighted by molar-refractivity contribution is -0.119. The van der Waals surface area contributed by atoms with E-state index in [0.29, 0.717) is 22.5 Å². The molecule has 0 aliphatic carbocycles. The molecule has 0 saturated heterocycles. The highest BCUT2D eigenvalue weighted by molar-refractivity contribution is 5.96. The number of carbonyl (C=O) groups excluding carboxylic acids is 3. The van der Waals surface area contributed by atoms with Crippen LogP contribution in [0.3, 0.4) is 0 Å². The Kier molecular flexibility index (Phi) is 6.26. The van der Waals surface area contributed by atoms with Crippen molar-refractivity contribution in [3.8, 4) is 5.69 Å². The summed E-state index contributed by atoms with van der Waals surface area (Å²) in [6.07, 6.45) is 3.38. The van der Waals surface area contributed by atoms with Crippen molar-refractivity contribution < 1.29 is 23.9 Å². The van der Waals surface area contributed by atoms with Crippen LogP contribution in [0.5, 0.6) is 0 Å². The van der Waals surface area contributed by atoms with Crippen LogP contribution in [0, 0.1) is 13.8 Å². The summed E-state index contributed by atoms with van der Waals surface area (Å²) in [6, 6.07) is 11.6. The van der Waals surface area contributed by atoms with Gasteiger partial charge in [0.05, 0.1) is 30.1 Å². The number of hydrogen-bond acceptors (Lipinski definition) is 6. The van der Waals surface area contributed by atoms with Crippen LogP contribution >= 0.6 is 0 Å². The molecule has 8 heteroatoms. The normalized spacial score (nSPS) is 10.4. The fraction of sp³-hybridized carbons (Fsp3) is 0.182. The van der Waals surface area contributed by atoms with Gasteiger partial charge in [-0.15, -0.1) is 0 Å². The molecule has 8 nitrogen and oxygen atoms in total. The summed E-state index contributed by atoms with van der Waals surface area (Å²) in [6.45, 7) is 3.25. The largest absolute Gasteiger partial charge is 0.465 e. The number of nitrogens with one attached hydrogen (secondary N) is 1. The number of pyridine rings is 1. The zero-order chi connectivity index (χ0) is 21.7. The fourth-order valence-corrected chi connectivity index (χ4v) is 3.07. The fourth-order valence-electron chi connectivity index (χ4n) is 3.07. The van der Waals surface area contributed by atoms with Gasteiger partial charge >= 0.3 is 11.9 Å². The molecular formula is C22H21N3O5. The number of amides is 1. The minimum absolute atomic E-state index is 0.367. The summed E-state index contributed by atoms with van der Waals surface area (Å²) < 4.78 is 11.7. The van der Waals surface area contributed by atoms with Crippen LogP contribution in [-0.4, -0.2) is 41.1 Å². The van der Waals surface area contributed by atoms with E-state index in [1.54, 1.807) is 37.5 Å². The van der Waals surface area contributed by atoms with Gasteiger partial charge in [-0.1, -0.05) is 0 Å². The summed E-state index contributed by atoms with van der Waals surface area (Å²) in [5, 5.41) is 2.61. The molecule has 0 aliphatic heterocycles. The molecule has 0 aliphatic rings. The molecule has 3 rings (SSSR count). The Morgan fingerprint density at radius 1 is 1.07 bits per heavy atom. The zero-order valence-electron chi connectivity index (χ0n) is 16.8. The first-order valence-electron chi connectivity index (χ1n) is 9.15. The Morgan fingerprint density at radius 2 is 1.80 bits per heavy atom. The van der Waals surface area contributed by atoms with Gasteiger partial charge in [-0.25, -0.2) is 9.59 Å². The molecule has 2 aromatic heterocycles. The van der Waals surface area contributed by atoms with E-state index >= 15 is 0 Å². The first-order valence-corrected chi connectivity index (χ1v) is 9.15. The molecule has 1 N–H and O–H groups in total. The third-order valence-corrected chi connectivity index (χ3v) is 4.48. The van der Waals surface area contributed by atoms with Crippen LogP contribution < -0.4 is 5.32 Å². The lowest BCUT2D eigenvalue weighted by Crippen LogP contribution is -2.21. The van der Waals surface area contributed by atoms with E-state index in [2.05, 4.69) is 15.0 Å². The van der Waals surface area contributed by atoms with E-state index in [1.807, 2.05) is 23.6 Å². The summed E-state index contributed by atoms with van der Waals surface area (Å²) >= 11 is 0. The van der Waals surface area contributed by atoms with Crippen LogP contribution in [-0.2, 0) is 14.3 Å². The molecular weight excluding hydrogens is 386 g/mol. The van der Waals surface area contributed by atoms with Crippen LogP contribution in [0.4, 0.5) is 5.69 Å². The standard InChI is InChI=1S/C22H21N3O5/c1-14-11-19(15(2)25(14)18-5-4-10-23-12-18)22(28)30-13-20(26)24-17-8-6-16(7-9-17)21(27)29-3/h4-12H,13H2,1-3H3,(H,24,26). The second-order valence-corrected chi connectivity index (χ2v) is 6.52. The summed E-state index contributed by atoms with van der Waals surface area (Å²) in [4.78, 5) is 40.1. The molecule has 0 bridgehead atoms. The van der Waals surface area contributed by atoms with Crippen molar-refractivity contribution in [2.45, 2.75) is 13.8 Å². The molecule has 0 atom stereocenters. The molecule has 2 heterocycles. The minimum atomic E-state index is -0.588.